The van der Waals surface area contributed by atoms with Gasteiger partial charge >= 0.3 is 5.97 Å². The fourth-order valence-corrected chi connectivity index (χ4v) is 2.15. The molecule has 0 spiro atoms. The summed E-state index contributed by atoms with van der Waals surface area (Å²) in [6.45, 7) is 2.27. The Labute approximate surface area is 102 Å². The number of carboxylic acids is 1. The molecule has 0 aliphatic carbocycles. The van der Waals surface area contributed by atoms with Gasteiger partial charge in [0.25, 0.3) is 0 Å². The molecule has 0 amide bonds. The summed E-state index contributed by atoms with van der Waals surface area (Å²) in [5.41, 5.74) is 1.56. The minimum absolute atomic E-state index is 0.277. The first-order valence-corrected chi connectivity index (χ1v) is 5.82. The molecule has 0 bridgehead atoms. The van der Waals surface area contributed by atoms with Crippen molar-refractivity contribution in [3.05, 3.63) is 40.7 Å². The molecule has 0 aromatic carbocycles. The predicted molar refractivity (Wildman–Crippen MR) is 65.4 cm³/mol. The van der Waals surface area contributed by atoms with Crippen molar-refractivity contribution in [3.63, 3.8) is 0 Å². The van der Waals surface area contributed by atoms with E-state index < -0.39 is 5.97 Å². The van der Waals surface area contributed by atoms with Crippen LogP contribution in [0.2, 0.25) is 0 Å². The highest BCUT2D eigenvalue weighted by Gasteiger charge is 2.13. The molecule has 2 aromatic rings. The Bertz CT molecular complexity index is 525. The lowest BCUT2D eigenvalue weighted by Crippen LogP contribution is -1.98. The van der Waals surface area contributed by atoms with Crippen LogP contribution in [0.4, 0.5) is 5.13 Å². The highest BCUT2D eigenvalue weighted by atomic mass is 32.1. The van der Waals surface area contributed by atoms with Gasteiger partial charge in [0.15, 0.2) is 5.13 Å². The molecule has 5 nitrogen and oxygen atoms in total. The van der Waals surface area contributed by atoms with Crippen LogP contribution in [0.3, 0.4) is 0 Å². The van der Waals surface area contributed by atoms with Crippen molar-refractivity contribution < 1.29 is 9.90 Å². The number of hydrogen-bond acceptors (Lipinski definition) is 5. The molecular weight excluding hydrogens is 238 g/mol. The number of carboxylic acid groups (broad SMARTS) is 1. The molecule has 0 aliphatic heterocycles. The standard InChI is InChI=1S/C11H11N3O2S/c1-7-9(10(15)16)17-11(14-7)13-6-8-3-2-4-12-5-8/h2-5H,6H2,1H3,(H,13,14)(H,15,16). The topological polar surface area (TPSA) is 75.1 Å². The monoisotopic (exact) mass is 249 g/mol. The van der Waals surface area contributed by atoms with Crippen molar-refractivity contribution in [2.45, 2.75) is 13.5 Å². The van der Waals surface area contributed by atoms with Crippen molar-refractivity contribution in [2.24, 2.45) is 0 Å². The zero-order valence-electron chi connectivity index (χ0n) is 9.17. The number of aromatic nitrogens is 2. The number of thiazole rings is 1. The molecule has 0 atom stereocenters. The molecule has 2 aromatic heterocycles. The fraction of sp³-hybridized carbons (Fsp3) is 0.182. The summed E-state index contributed by atoms with van der Waals surface area (Å²) in [5, 5.41) is 12.6. The van der Waals surface area contributed by atoms with Gasteiger partial charge in [-0.3, -0.25) is 4.98 Å². The van der Waals surface area contributed by atoms with E-state index in [-0.39, 0.29) is 4.88 Å². The van der Waals surface area contributed by atoms with Crippen LogP contribution in [0.15, 0.2) is 24.5 Å². The van der Waals surface area contributed by atoms with Gasteiger partial charge in [0.1, 0.15) is 4.88 Å². The minimum Gasteiger partial charge on any atom is -0.477 e. The van der Waals surface area contributed by atoms with Crippen molar-refractivity contribution in [2.75, 3.05) is 5.32 Å². The summed E-state index contributed by atoms with van der Waals surface area (Å²) >= 11 is 1.14. The molecule has 6 heteroatoms. The third kappa shape index (κ3) is 2.79. The van der Waals surface area contributed by atoms with Crippen LogP contribution in [0, 0.1) is 6.92 Å². The lowest BCUT2D eigenvalue weighted by atomic mass is 10.3. The van der Waals surface area contributed by atoms with Crippen LogP contribution < -0.4 is 5.32 Å². The second-order valence-electron chi connectivity index (χ2n) is 3.45. The number of aromatic carboxylic acids is 1. The molecule has 0 saturated carbocycles. The van der Waals surface area contributed by atoms with E-state index in [9.17, 15) is 4.79 Å². The molecule has 2 heterocycles. The number of carbonyl (C=O) groups is 1. The fourth-order valence-electron chi connectivity index (χ4n) is 1.35. The number of rotatable bonds is 4. The number of hydrogen-bond donors (Lipinski definition) is 2. The van der Waals surface area contributed by atoms with Crippen molar-refractivity contribution in [3.8, 4) is 0 Å². The average molecular weight is 249 g/mol. The lowest BCUT2D eigenvalue weighted by Gasteiger charge is -2.01. The summed E-state index contributed by atoms with van der Waals surface area (Å²) in [7, 11) is 0. The molecule has 0 saturated heterocycles. The Morgan fingerprint density at radius 3 is 3.00 bits per heavy atom. The lowest BCUT2D eigenvalue weighted by molar-refractivity contribution is 0.0701. The van der Waals surface area contributed by atoms with Crippen LogP contribution in [0.1, 0.15) is 20.9 Å². The van der Waals surface area contributed by atoms with Crippen molar-refractivity contribution >= 4 is 22.4 Å². The van der Waals surface area contributed by atoms with E-state index in [1.54, 1.807) is 19.3 Å². The van der Waals surface area contributed by atoms with Gasteiger partial charge in [-0.15, -0.1) is 0 Å². The quantitative estimate of drug-likeness (QED) is 0.868. The Hall–Kier alpha value is -1.95. The van der Waals surface area contributed by atoms with E-state index in [0.29, 0.717) is 17.4 Å². The van der Waals surface area contributed by atoms with Crippen molar-refractivity contribution in [1.29, 1.82) is 0 Å². The minimum atomic E-state index is -0.936. The van der Waals surface area contributed by atoms with Gasteiger partial charge in [0, 0.05) is 18.9 Å². The summed E-state index contributed by atoms with van der Waals surface area (Å²) < 4.78 is 0. The summed E-state index contributed by atoms with van der Waals surface area (Å²) in [5.74, 6) is -0.936. The maximum absolute atomic E-state index is 10.8. The number of pyridine rings is 1. The number of anilines is 1. The van der Waals surface area contributed by atoms with Gasteiger partial charge in [-0.25, -0.2) is 9.78 Å². The Morgan fingerprint density at radius 1 is 1.59 bits per heavy atom. The third-order valence-corrected chi connectivity index (χ3v) is 3.26. The zero-order valence-corrected chi connectivity index (χ0v) is 9.99. The van der Waals surface area contributed by atoms with E-state index in [1.807, 2.05) is 12.1 Å². The first kappa shape index (κ1) is 11.5. The second kappa shape index (κ2) is 4.92. The summed E-state index contributed by atoms with van der Waals surface area (Å²) in [6, 6.07) is 3.80. The van der Waals surface area contributed by atoms with Gasteiger partial charge in [-0.1, -0.05) is 17.4 Å². The van der Waals surface area contributed by atoms with Gasteiger partial charge in [0.2, 0.25) is 0 Å². The van der Waals surface area contributed by atoms with E-state index in [4.69, 9.17) is 5.11 Å². The van der Waals surface area contributed by atoms with Gasteiger partial charge in [-0.05, 0) is 18.6 Å². The molecule has 2 N–H and O–H groups in total. The predicted octanol–water partition coefficient (Wildman–Crippen LogP) is 2.16. The normalized spacial score (nSPS) is 10.2. The maximum atomic E-state index is 10.8. The average Bonchev–Trinajstić information content (AvgIpc) is 2.69. The largest absolute Gasteiger partial charge is 0.477 e. The molecule has 2 rings (SSSR count). The van der Waals surface area contributed by atoms with Gasteiger partial charge in [0.05, 0.1) is 5.69 Å². The first-order chi connectivity index (χ1) is 8.16. The SMILES string of the molecule is Cc1nc(NCc2cccnc2)sc1C(=O)O. The van der Waals surface area contributed by atoms with Gasteiger partial charge < -0.3 is 10.4 Å². The summed E-state index contributed by atoms with van der Waals surface area (Å²) in [4.78, 5) is 19.3. The second-order valence-corrected chi connectivity index (χ2v) is 4.45. The van der Waals surface area contributed by atoms with Crippen LogP contribution in [0.25, 0.3) is 0 Å². The highest BCUT2D eigenvalue weighted by molar-refractivity contribution is 7.17. The number of nitrogens with zero attached hydrogens (tertiary/aromatic N) is 2. The van der Waals surface area contributed by atoms with Gasteiger partial charge in [-0.2, -0.15) is 0 Å². The van der Waals surface area contributed by atoms with Crippen LogP contribution >= 0.6 is 11.3 Å². The molecule has 0 fully saturated rings. The van der Waals surface area contributed by atoms with E-state index >= 15 is 0 Å². The summed E-state index contributed by atoms with van der Waals surface area (Å²) in [6.07, 6.45) is 3.46. The van der Waals surface area contributed by atoms with Crippen LogP contribution in [0.5, 0.6) is 0 Å². The van der Waals surface area contributed by atoms with E-state index in [1.165, 1.54) is 0 Å². The molecule has 0 radical (unpaired) electrons. The highest BCUT2D eigenvalue weighted by Crippen LogP contribution is 2.22. The molecular formula is C11H11N3O2S. The van der Waals surface area contributed by atoms with Crippen molar-refractivity contribution in [1.82, 2.24) is 9.97 Å². The smallest absolute Gasteiger partial charge is 0.347 e. The molecule has 17 heavy (non-hydrogen) atoms. The first-order valence-electron chi connectivity index (χ1n) is 5.00. The number of nitrogens with one attached hydrogen (secondary N) is 1. The molecule has 0 aliphatic rings. The number of aryl methyl sites for hydroxylation is 1. The Balaban J connectivity index is 2.05. The maximum Gasteiger partial charge on any atom is 0.347 e. The van der Waals surface area contributed by atoms with E-state index in [2.05, 4.69) is 15.3 Å². The van der Waals surface area contributed by atoms with Crippen LogP contribution in [-0.2, 0) is 6.54 Å². The molecule has 0 unspecified atom stereocenters. The Kier molecular flexibility index (Phi) is 3.34. The third-order valence-electron chi connectivity index (χ3n) is 2.16. The molecule has 88 valence electrons. The van der Waals surface area contributed by atoms with E-state index in [0.717, 1.165) is 16.9 Å². The van der Waals surface area contributed by atoms with Crippen LogP contribution in [-0.4, -0.2) is 21.0 Å². The Morgan fingerprint density at radius 2 is 2.41 bits per heavy atom. The zero-order chi connectivity index (χ0) is 12.3.